The van der Waals surface area contributed by atoms with Gasteiger partial charge in [0.15, 0.2) is 11.5 Å². The van der Waals surface area contributed by atoms with Crippen molar-refractivity contribution in [1.29, 1.82) is 0 Å². The maximum Gasteiger partial charge on any atom is 0.162 e. The zero-order chi connectivity index (χ0) is 15.8. The molecule has 0 radical (unpaired) electrons. The summed E-state index contributed by atoms with van der Waals surface area (Å²) in [5, 5.41) is 1.05. The highest BCUT2D eigenvalue weighted by Crippen LogP contribution is 2.41. The van der Waals surface area contributed by atoms with Gasteiger partial charge in [-0.15, -0.1) is 0 Å². The van der Waals surface area contributed by atoms with E-state index in [0.29, 0.717) is 11.8 Å². The van der Waals surface area contributed by atoms with Crippen LogP contribution in [0.1, 0.15) is 32.1 Å². The van der Waals surface area contributed by atoms with Crippen LogP contribution >= 0.6 is 0 Å². The molecule has 2 aromatic rings. The van der Waals surface area contributed by atoms with Gasteiger partial charge in [0.1, 0.15) is 12.1 Å². The van der Waals surface area contributed by atoms with E-state index in [0.717, 1.165) is 34.9 Å². The van der Waals surface area contributed by atoms with Crippen molar-refractivity contribution in [2.75, 3.05) is 25.7 Å². The van der Waals surface area contributed by atoms with Gasteiger partial charge in [0.05, 0.1) is 19.7 Å². The molecular formula is C18H23N3O2. The van der Waals surface area contributed by atoms with Crippen LogP contribution < -0.4 is 14.4 Å². The van der Waals surface area contributed by atoms with Crippen LogP contribution in [0.2, 0.25) is 0 Å². The van der Waals surface area contributed by atoms with Crippen LogP contribution in [0.5, 0.6) is 11.5 Å². The Bertz CT molecular complexity index is 719. The molecule has 1 aromatic carbocycles. The number of benzene rings is 1. The van der Waals surface area contributed by atoms with Gasteiger partial charge in [-0.1, -0.05) is 12.8 Å². The predicted octanol–water partition coefficient (Wildman–Crippen LogP) is 3.42. The molecule has 1 aromatic heterocycles. The topological polar surface area (TPSA) is 47.5 Å². The predicted molar refractivity (Wildman–Crippen MR) is 90.4 cm³/mol. The molecule has 0 spiro atoms. The highest BCUT2D eigenvalue weighted by Gasteiger charge is 2.37. The van der Waals surface area contributed by atoms with E-state index >= 15 is 0 Å². The van der Waals surface area contributed by atoms with Crippen LogP contribution in [0.4, 0.5) is 5.82 Å². The standard InChI is InChI=1S/C18H23N3O2/c1-22-16-9-13-14(10-17(16)23-2)19-11-20-18(13)21-8-7-12-5-3-4-6-15(12)21/h9-12,15H,3-8H2,1-2H3/t12-,15+/m0/s1. The second-order valence-electron chi connectivity index (χ2n) is 6.52. The van der Waals surface area contributed by atoms with Crippen molar-refractivity contribution in [3.8, 4) is 11.5 Å². The van der Waals surface area contributed by atoms with Crippen LogP contribution in [0, 0.1) is 5.92 Å². The van der Waals surface area contributed by atoms with Crippen molar-refractivity contribution in [2.24, 2.45) is 5.92 Å². The number of anilines is 1. The minimum absolute atomic E-state index is 0.634. The van der Waals surface area contributed by atoms with E-state index in [9.17, 15) is 0 Å². The number of fused-ring (bicyclic) bond motifs is 2. The molecular weight excluding hydrogens is 290 g/mol. The Balaban J connectivity index is 1.80. The molecule has 1 aliphatic carbocycles. The molecule has 23 heavy (non-hydrogen) atoms. The Kier molecular flexibility index (Phi) is 3.71. The van der Waals surface area contributed by atoms with Gasteiger partial charge in [0.2, 0.25) is 0 Å². The van der Waals surface area contributed by atoms with Crippen molar-refractivity contribution in [2.45, 2.75) is 38.1 Å². The molecule has 0 unspecified atom stereocenters. The number of ether oxygens (including phenoxy) is 2. The van der Waals surface area contributed by atoms with Gasteiger partial charge >= 0.3 is 0 Å². The summed E-state index contributed by atoms with van der Waals surface area (Å²) in [5.41, 5.74) is 0.909. The fourth-order valence-corrected chi connectivity index (χ4v) is 4.27. The third-order valence-electron chi connectivity index (χ3n) is 5.40. The fraction of sp³-hybridized carbons (Fsp3) is 0.556. The van der Waals surface area contributed by atoms with E-state index < -0.39 is 0 Å². The first-order valence-corrected chi connectivity index (χ1v) is 8.45. The number of hydrogen-bond acceptors (Lipinski definition) is 5. The Morgan fingerprint density at radius 1 is 1.00 bits per heavy atom. The summed E-state index contributed by atoms with van der Waals surface area (Å²) >= 11 is 0. The summed E-state index contributed by atoms with van der Waals surface area (Å²) in [7, 11) is 3.32. The van der Waals surface area contributed by atoms with Gasteiger partial charge in [-0.2, -0.15) is 0 Å². The summed E-state index contributed by atoms with van der Waals surface area (Å²) in [6.07, 6.45) is 8.30. The van der Waals surface area contributed by atoms with Crippen molar-refractivity contribution in [3.05, 3.63) is 18.5 Å². The van der Waals surface area contributed by atoms with Crippen LogP contribution in [-0.4, -0.2) is 36.8 Å². The first-order valence-electron chi connectivity index (χ1n) is 8.45. The minimum atomic E-state index is 0.634. The van der Waals surface area contributed by atoms with E-state index in [2.05, 4.69) is 14.9 Å². The number of nitrogens with zero attached hydrogens (tertiary/aromatic N) is 3. The Hall–Kier alpha value is -2.04. The van der Waals surface area contributed by atoms with E-state index in [4.69, 9.17) is 9.47 Å². The molecule has 1 aliphatic heterocycles. The minimum Gasteiger partial charge on any atom is -0.493 e. The maximum atomic E-state index is 5.47. The summed E-state index contributed by atoms with van der Waals surface area (Å²) in [5.74, 6) is 3.32. The van der Waals surface area contributed by atoms with Crippen molar-refractivity contribution in [3.63, 3.8) is 0 Å². The lowest BCUT2D eigenvalue weighted by Gasteiger charge is -2.32. The zero-order valence-corrected chi connectivity index (χ0v) is 13.8. The lowest BCUT2D eigenvalue weighted by molar-refractivity contribution is 0.341. The van der Waals surface area contributed by atoms with Crippen molar-refractivity contribution in [1.82, 2.24) is 9.97 Å². The lowest BCUT2D eigenvalue weighted by atomic mass is 9.85. The summed E-state index contributed by atoms with van der Waals surface area (Å²) in [6.45, 7) is 1.09. The third-order valence-corrected chi connectivity index (χ3v) is 5.40. The molecule has 5 heteroatoms. The molecule has 1 saturated heterocycles. The Morgan fingerprint density at radius 3 is 2.61 bits per heavy atom. The summed E-state index contributed by atoms with van der Waals surface area (Å²) < 4.78 is 10.9. The van der Waals surface area contributed by atoms with Crippen LogP contribution in [0.25, 0.3) is 10.9 Å². The molecule has 122 valence electrons. The molecule has 0 N–H and O–H groups in total. The van der Waals surface area contributed by atoms with Gasteiger partial charge in [-0.3, -0.25) is 0 Å². The molecule has 2 atom stereocenters. The molecule has 0 amide bonds. The Morgan fingerprint density at radius 2 is 1.78 bits per heavy atom. The fourth-order valence-electron chi connectivity index (χ4n) is 4.27. The van der Waals surface area contributed by atoms with E-state index in [1.54, 1.807) is 20.5 Å². The van der Waals surface area contributed by atoms with Crippen LogP contribution in [-0.2, 0) is 0 Å². The number of methoxy groups -OCH3 is 2. The molecule has 1 saturated carbocycles. The van der Waals surface area contributed by atoms with E-state index in [1.807, 2.05) is 12.1 Å². The van der Waals surface area contributed by atoms with E-state index in [-0.39, 0.29) is 0 Å². The van der Waals surface area contributed by atoms with Gasteiger partial charge in [-0.25, -0.2) is 9.97 Å². The van der Waals surface area contributed by atoms with Crippen LogP contribution in [0.15, 0.2) is 18.5 Å². The van der Waals surface area contributed by atoms with Gasteiger partial charge < -0.3 is 14.4 Å². The normalized spacial score (nSPS) is 23.8. The quantitative estimate of drug-likeness (QED) is 0.869. The number of rotatable bonds is 3. The first-order chi connectivity index (χ1) is 11.3. The Labute approximate surface area is 136 Å². The molecule has 2 aliphatic rings. The monoisotopic (exact) mass is 313 g/mol. The molecule has 2 fully saturated rings. The highest BCUT2D eigenvalue weighted by molar-refractivity contribution is 5.92. The van der Waals surface area contributed by atoms with Crippen molar-refractivity contribution >= 4 is 16.7 Å². The van der Waals surface area contributed by atoms with E-state index in [1.165, 1.54) is 32.1 Å². The smallest absolute Gasteiger partial charge is 0.162 e. The largest absolute Gasteiger partial charge is 0.493 e. The molecule has 0 bridgehead atoms. The summed E-state index contributed by atoms with van der Waals surface area (Å²) in [6, 6.07) is 4.59. The molecule has 5 nitrogen and oxygen atoms in total. The number of hydrogen-bond donors (Lipinski definition) is 0. The van der Waals surface area contributed by atoms with Gasteiger partial charge in [0, 0.05) is 24.0 Å². The SMILES string of the molecule is COc1cc2ncnc(N3CC[C@@H]4CCCC[C@H]43)c2cc1OC. The molecule has 4 rings (SSSR count). The second kappa shape index (κ2) is 5.87. The first kappa shape index (κ1) is 14.5. The average molecular weight is 313 g/mol. The third kappa shape index (κ3) is 2.38. The molecule has 2 heterocycles. The second-order valence-corrected chi connectivity index (χ2v) is 6.52. The van der Waals surface area contributed by atoms with Crippen LogP contribution in [0.3, 0.4) is 0 Å². The maximum absolute atomic E-state index is 5.47. The summed E-state index contributed by atoms with van der Waals surface area (Å²) in [4.78, 5) is 11.6. The van der Waals surface area contributed by atoms with Gasteiger partial charge in [0.25, 0.3) is 0 Å². The zero-order valence-electron chi connectivity index (χ0n) is 13.8. The highest BCUT2D eigenvalue weighted by atomic mass is 16.5. The number of aromatic nitrogens is 2. The van der Waals surface area contributed by atoms with Gasteiger partial charge in [-0.05, 0) is 31.2 Å². The van der Waals surface area contributed by atoms with Crippen molar-refractivity contribution < 1.29 is 9.47 Å². The average Bonchev–Trinajstić information content (AvgIpc) is 3.03. The lowest BCUT2D eigenvalue weighted by Crippen LogP contribution is -2.35.